The first-order valence-corrected chi connectivity index (χ1v) is 3.80. The Hall–Kier alpha value is -1.38. The predicted octanol–water partition coefficient (Wildman–Crippen LogP) is 2.11. The monoisotopic (exact) mass is 164 g/mol. The summed E-state index contributed by atoms with van der Waals surface area (Å²) >= 11 is 0. The van der Waals surface area contributed by atoms with Crippen molar-refractivity contribution < 1.29 is 4.39 Å². The molecule has 62 valence electrons. The molecular formula is C9H9FN2. The van der Waals surface area contributed by atoms with Crippen molar-refractivity contribution in [2.24, 2.45) is 0 Å². The van der Waals surface area contributed by atoms with E-state index in [1.807, 2.05) is 29.7 Å². The molecule has 0 N–H and O–H groups in total. The Morgan fingerprint density at radius 1 is 1.58 bits per heavy atom. The van der Waals surface area contributed by atoms with Crippen LogP contribution >= 0.6 is 0 Å². The van der Waals surface area contributed by atoms with Gasteiger partial charge in [-0.2, -0.15) is 0 Å². The van der Waals surface area contributed by atoms with E-state index in [9.17, 15) is 4.39 Å². The van der Waals surface area contributed by atoms with Crippen molar-refractivity contribution in [3.05, 3.63) is 35.8 Å². The Morgan fingerprint density at radius 3 is 3.17 bits per heavy atom. The first kappa shape index (κ1) is 7.28. The number of pyridine rings is 1. The third kappa shape index (κ3) is 1.07. The zero-order chi connectivity index (χ0) is 8.55. The van der Waals surface area contributed by atoms with Gasteiger partial charge in [-0.3, -0.25) is 0 Å². The molecule has 2 heterocycles. The Balaban J connectivity index is 2.67. The van der Waals surface area contributed by atoms with Crippen LogP contribution in [0.1, 0.15) is 11.3 Å². The van der Waals surface area contributed by atoms with Crippen molar-refractivity contribution in [1.29, 1.82) is 0 Å². The SMILES string of the molecule is Cc1ccn2cc(CF)nc2c1. The Kier molecular flexibility index (Phi) is 1.57. The van der Waals surface area contributed by atoms with Gasteiger partial charge in [-0.15, -0.1) is 0 Å². The van der Waals surface area contributed by atoms with Gasteiger partial charge in [0, 0.05) is 12.4 Å². The average Bonchev–Trinajstić information content (AvgIpc) is 2.46. The third-order valence-electron chi connectivity index (χ3n) is 1.80. The molecule has 0 bridgehead atoms. The van der Waals surface area contributed by atoms with Crippen molar-refractivity contribution in [3.8, 4) is 0 Å². The summed E-state index contributed by atoms with van der Waals surface area (Å²) in [4.78, 5) is 4.08. The standard InChI is InChI=1S/C9H9FN2/c1-7-2-3-12-6-8(5-10)11-9(12)4-7/h2-4,6H,5H2,1H3. The maximum atomic E-state index is 12.2. The van der Waals surface area contributed by atoms with Gasteiger partial charge < -0.3 is 4.40 Å². The van der Waals surface area contributed by atoms with E-state index < -0.39 is 6.67 Å². The fourth-order valence-corrected chi connectivity index (χ4v) is 1.20. The first-order chi connectivity index (χ1) is 5.79. The maximum Gasteiger partial charge on any atom is 0.137 e. The number of hydrogen-bond donors (Lipinski definition) is 0. The van der Waals surface area contributed by atoms with E-state index >= 15 is 0 Å². The van der Waals surface area contributed by atoms with E-state index in [2.05, 4.69) is 4.98 Å². The molecule has 0 fully saturated rings. The highest BCUT2D eigenvalue weighted by molar-refractivity contribution is 5.42. The van der Waals surface area contributed by atoms with E-state index in [0.717, 1.165) is 11.2 Å². The quantitative estimate of drug-likeness (QED) is 0.631. The van der Waals surface area contributed by atoms with Crippen LogP contribution in [0.3, 0.4) is 0 Å². The molecule has 2 aromatic rings. The van der Waals surface area contributed by atoms with Gasteiger partial charge in [0.05, 0.1) is 5.69 Å². The van der Waals surface area contributed by atoms with Gasteiger partial charge in [0.15, 0.2) is 0 Å². The summed E-state index contributed by atoms with van der Waals surface area (Å²) in [6.07, 6.45) is 3.59. The lowest BCUT2D eigenvalue weighted by molar-refractivity contribution is 0.477. The van der Waals surface area contributed by atoms with Gasteiger partial charge in [-0.05, 0) is 24.6 Å². The smallest absolute Gasteiger partial charge is 0.137 e. The van der Waals surface area contributed by atoms with Crippen LogP contribution in [-0.4, -0.2) is 9.38 Å². The number of hydrogen-bond acceptors (Lipinski definition) is 1. The van der Waals surface area contributed by atoms with E-state index in [1.54, 1.807) is 6.20 Å². The van der Waals surface area contributed by atoms with Gasteiger partial charge in [0.25, 0.3) is 0 Å². The second-order valence-corrected chi connectivity index (χ2v) is 2.84. The molecule has 0 aromatic carbocycles. The van der Waals surface area contributed by atoms with E-state index in [4.69, 9.17) is 0 Å². The molecule has 0 aliphatic carbocycles. The number of rotatable bonds is 1. The molecular weight excluding hydrogens is 155 g/mol. The lowest BCUT2D eigenvalue weighted by atomic mass is 10.3. The van der Waals surface area contributed by atoms with Crippen molar-refractivity contribution >= 4 is 5.65 Å². The minimum absolute atomic E-state index is 0.487. The molecule has 0 aliphatic heterocycles. The number of alkyl halides is 1. The van der Waals surface area contributed by atoms with Crippen LogP contribution in [0, 0.1) is 6.92 Å². The van der Waals surface area contributed by atoms with Crippen LogP contribution in [0.25, 0.3) is 5.65 Å². The summed E-state index contributed by atoms with van der Waals surface area (Å²) in [5.74, 6) is 0. The summed E-state index contributed by atoms with van der Waals surface area (Å²) in [6, 6.07) is 3.90. The molecule has 2 nitrogen and oxygen atoms in total. The fourth-order valence-electron chi connectivity index (χ4n) is 1.20. The Morgan fingerprint density at radius 2 is 2.42 bits per heavy atom. The molecule has 3 heteroatoms. The second-order valence-electron chi connectivity index (χ2n) is 2.84. The highest BCUT2D eigenvalue weighted by atomic mass is 19.1. The van der Waals surface area contributed by atoms with Crippen LogP contribution in [-0.2, 0) is 6.67 Å². The first-order valence-electron chi connectivity index (χ1n) is 3.80. The summed E-state index contributed by atoms with van der Waals surface area (Å²) < 4.78 is 14.0. The summed E-state index contributed by atoms with van der Waals surface area (Å²) in [5, 5.41) is 0. The summed E-state index contributed by atoms with van der Waals surface area (Å²) in [7, 11) is 0. The molecule has 0 radical (unpaired) electrons. The number of nitrogens with zero attached hydrogens (tertiary/aromatic N) is 2. The minimum atomic E-state index is -0.499. The van der Waals surface area contributed by atoms with E-state index in [1.165, 1.54) is 0 Å². The van der Waals surface area contributed by atoms with E-state index in [0.29, 0.717) is 5.69 Å². The number of aromatic nitrogens is 2. The van der Waals surface area contributed by atoms with Crippen LogP contribution in [0.2, 0.25) is 0 Å². The number of imidazole rings is 1. The third-order valence-corrected chi connectivity index (χ3v) is 1.80. The van der Waals surface area contributed by atoms with Gasteiger partial charge in [0.2, 0.25) is 0 Å². The van der Waals surface area contributed by atoms with Crippen LogP contribution in [0.15, 0.2) is 24.5 Å². The number of aryl methyl sites for hydroxylation is 1. The molecule has 2 aromatic heterocycles. The van der Waals surface area contributed by atoms with Gasteiger partial charge in [-0.25, -0.2) is 9.37 Å². The molecule has 12 heavy (non-hydrogen) atoms. The number of fused-ring (bicyclic) bond motifs is 1. The lowest BCUT2D eigenvalue weighted by Gasteiger charge is -1.92. The molecule has 0 spiro atoms. The zero-order valence-electron chi connectivity index (χ0n) is 6.79. The molecule has 0 aliphatic rings. The molecule has 0 amide bonds. The van der Waals surface area contributed by atoms with Crippen LogP contribution in [0.5, 0.6) is 0 Å². The van der Waals surface area contributed by atoms with Gasteiger partial charge >= 0.3 is 0 Å². The van der Waals surface area contributed by atoms with Crippen molar-refractivity contribution in [1.82, 2.24) is 9.38 Å². The zero-order valence-corrected chi connectivity index (χ0v) is 6.79. The normalized spacial score (nSPS) is 10.8. The molecule has 0 saturated carbocycles. The lowest BCUT2D eigenvalue weighted by Crippen LogP contribution is -1.81. The highest BCUT2D eigenvalue weighted by Gasteiger charge is 1.99. The van der Waals surface area contributed by atoms with Crippen molar-refractivity contribution in [3.63, 3.8) is 0 Å². The topological polar surface area (TPSA) is 17.3 Å². The molecule has 0 unspecified atom stereocenters. The predicted molar refractivity (Wildman–Crippen MR) is 44.7 cm³/mol. The van der Waals surface area contributed by atoms with Crippen LogP contribution in [0.4, 0.5) is 4.39 Å². The van der Waals surface area contributed by atoms with Gasteiger partial charge in [0.1, 0.15) is 12.3 Å². The highest BCUT2D eigenvalue weighted by Crippen LogP contribution is 2.07. The van der Waals surface area contributed by atoms with E-state index in [-0.39, 0.29) is 0 Å². The Bertz CT molecular complexity index is 406. The molecule has 2 rings (SSSR count). The average molecular weight is 164 g/mol. The minimum Gasteiger partial charge on any atom is -0.307 e. The molecule has 0 atom stereocenters. The largest absolute Gasteiger partial charge is 0.307 e. The summed E-state index contributed by atoms with van der Waals surface area (Å²) in [5.41, 5.74) is 2.43. The maximum absolute atomic E-state index is 12.2. The Labute approximate surface area is 69.7 Å². The van der Waals surface area contributed by atoms with Crippen molar-refractivity contribution in [2.75, 3.05) is 0 Å². The van der Waals surface area contributed by atoms with Crippen LogP contribution < -0.4 is 0 Å². The second kappa shape index (κ2) is 2.59. The summed E-state index contributed by atoms with van der Waals surface area (Å²) in [6.45, 7) is 1.49. The molecule has 0 saturated heterocycles. The van der Waals surface area contributed by atoms with Gasteiger partial charge in [-0.1, -0.05) is 0 Å². The fraction of sp³-hybridized carbons (Fsp3) is 0.222. The number of halogens is 1. The van der Waals surface area contributed by atoms with Crippen molar-refractivity contribution in [2.45, 2.75) is 13.6 Å².